The van der Waals surface area contributed by atoms with E-state index in [-0.39, 0.29) is 16.2 Å². The number of carbonyl (C=O) groups is 1. The maximum Gasteiger partial charge on any atom is 0.255 e. The number of benzene rings is 1. The first-order valence-electron chi connectivity index (χ1n) is 5.65. The second-order valence-corrected chi connectivity index (χ2v) is 4.82. The van der Waals surface area contributed by atoms with Crippen molar-refractivity contribution in [3.05, 3.63) is 57.3 Å². The van der Waals surface area contributed by atoms with E-state index in [0.29, 0.717) is 16.8 Å². The van der Waals surface area contributed by atoms with Crippen LogP contribution in [0.1, 0.15) is 21.5 Å². The molecule has 100 valence electrons. The molecular formula is C14H9Cl2N3O. The smallest absolute Gasteiger partial charge is 0.255 e. The van der Waals surface area contributed by atoms with Crippen molar-refractivity contribution in [1.82, 2.24) is 4.98 Å². The Morgan fingerprint density at radius 2 is 1.95 bits per heavy atom. The zero-order valence-electron chi connectivity index (χ0n) is 10.4. The van der Waals surface area contributed by atoms with Crippen LogP contribution in [0.3, 0.4) is 0 Å². The molecule has 4 nitrogen and oxygen atoms in total. The van der Waals surface area contributed by atoms with Gasteiger partial charge in [0.05, 0.1) is 17.3 Å². The number of rotatable bonds is 2. The van der Waals surface area contributed by atoms with Crippen molar-refractivity contribution in [1.29, 1.82) is 5.26 Å². The molecule has 1 aromatic heterocycles. The molecule has 1 amide bonds. The summed E-state index contributed by atoms with van der Waals surface area (Å²) in [5.74, 6) is -0.330. The van der Waals surface area contributed by atoms with Crippen LogP contribution in [0.2, 0.25) is 10.3 Å². The van der Waals surface area contributed by atoms with E-state index in [0.717, 1.165) is 5.56 Å². The van der Waals surface area contributed by atoms with Crippen LogP contribution in [0.25, 0.3) is 0 Å². The Morgan fingerprint density at radius 3 is 2.50 bits per heavy atom. The van der Waals surface area contributed by atoms with Crippen LogP contribution < -0.4 is 5.32 Å². The van der Waals surface area contributed by atoms with E-state index in [4.69, 9.17) is 28.5 Å². The first-order valence-corrected chi connectivity index (χ1v) is 6.41. The lowest BCUT2D eigenvalue weighted by Gasteiger charge is -2.10. The van der Waals surface area contributed by atoms with Crippen LogP contribution in [-0.4, -0.2) is 10.9 Å². The number of nitriles is 1. The molecule has 2 rings (SSSR count). The summed E-state index contributed by atoms with van der Waals surface area (Å²) < 4.78 is 0. The molecular weight excluding hydrogens is 297 g/mol. The number of carbonyl (C=O) groups excluding carboxylic acids is 1. The van der Waals surface area contributed by atoms with Gasteiger partial charge in [0.15, 0.2) is 5.15 Å². The summed E-state index contributed by atoms with van der Waals surface area (Å²) in [6.07, 6.45) is 0. The van der Waals surface area contributed by atoms with Gasteiger partial charge in [-0.15, -0.1) is 0 Å². The van der Waals surface area contributed by atoms with Crippen molar-refractivity contribution in [3.63, 3.8) is 0 Å². The van der Waals surface area contributed by atoms with Gasteiger partial charge in [-0.2, -0.15) is 5.26 Å². The normalized spacial score (nSPS) is 9.90. The predicted molar refractivity (Wildman–Crippen MR) is 78.1 cm³/mol. The maximum atomic E-state index is 12.1. The number of amides is 1. The number of halogens is 2. The summed E-state index contributed by atoms with van der Waals surface area (Å²) >= 11 is 11.7. The highest BCUT2D eigenvalue weighted by Gasteiger charge is 2.12. The van der Waals surface area contributed by atoms with Crippen molar-refractivity contribution in [2.24, 2.45) is 0 Å². The van der Waals surface area contributed by atoms with Crippen LogP contribution in [0.15, 0.2) is 30.3 Å². The van der Waals surface area contributed by atoms with Gasteiger partial charge in [0, 0.05) is 5.56 Å². The average molecular weight is 306 g/mol. The third-order valence-electron chi connectivity index (χ3n) is 2.66. The molecule has 0 radical (unpaired) electrons. The van der Waals surface area contributed by atoms with E-state index >= 15 is 0 Å². The van der Waals surface area contributed by atoms with Gasteiger partial charge < -0.3 is 5.32 Å². The monoisotopic (exact) mass is 305 g/mol. The van der Waals surface area contributed by atoms with E-state index in [1.807, 2.05) is 6.07 Å². The van der Waals surface area contributed by atoms with Gasteiger partial charge in [-0.25, -0.2) is 4.98 Å². The van der Waals surface area contributed by atoms with Crippen LogP contribution in [0.5, 0.6) is 0 Å². The lowest BCUT2D eigenvalue weighted by molar-refractivity contribution is 0.102. The second kappa shape index (κ2) is 5.91. The largest absolute Gasteiger partial charge is 0.319 e. The molecule has 0 aliphatic carbocycles. The Labute approximate surface area is 126 Å². The van der Waals surface area contributed by atoms with Crippen molar-refractivity contribution in [2.45, 2.75) is 6.92 Å². The maximum absolute atomic E-state index is 12.1. The van der Waals surface area contributed by atoms with E-state index in [9.17, 15) is 4.79 Å². The number of aryl methyl sites for hydroxylation is 1. The van der Waals surface area contributed by atoms with Crippen LogP contribution in [0.4, 0.5) is 5.69 Å². The van der Waals surface area contributed by atoms with Crippen molar-refractivity contribution in [2.75, 3.05) is 5.32 Å². The zero-order valence-corrected chi connectivity index (χ0v) is 12.0. The highest BCUT2D eigenvalue weighted by Crippen LogP contribution is 2.26. The SMILES string of the molecule is Cc1cc(Cl)nc(Cl)c1NC(=O)c1ccc(C#N)cc1. The minimum Gasteiger partial charge on any atom is -0.319 e. The number of pyridine rings is 1. The number of hydrogen-bond donors (Lipinski definition) is 1. The third-order valence-corrected chi connectivity index (χ3v) is 3.12. The first kappa shape index (κ1) is 14.3. The van der Waals surface area contributed by atoms with Crippen molar-refractivity contribution < 1.29 is 4.79 Å². The van der Waals surface area contributed by atoms with Gasteiger partial charge in [-0.1, -0.05) is 23.2 Å². The van der Waals surface area contributed by atoms with Crippen molar-refractivity contribution in [3.8, 4) is 6.07 Å². The summed E-state index contributed by atoms with van der Waals surface area (Å²) in [5, 5.41) is 11.8. The Bertz CT molecular complexity index is 682. The Hall–Kier alpha value is -2.09. The fourth-order valence-electron chi connectivity index (χ4n) is 1.63. The van der Waals surface area contributed by atoms with Gasteiger partial charge in [-0.3, -0.25) is 4.79 Å². The van der Waals surface area contributed by atoms with Gasteiger partial charge in [0.25, 0.3) is 5.91 Å². The standard InChI is InChI=1S/C14H9Cl2N3O/c1-8-6-11(15)18-13(16)12(8)19-14(20)10-4-2-9(7-17)3-5-10/h2-6H,1H3,(H,19,20). The minimum absolute atomic E-state index is 0.136. The summed E-state index contributed by atoms with van der Waals surface area (Å²) in [4.78, 5) is 16.0. The molecule has 0 unspecified atom stereocenters. The molecule has 6 heteroatoms. The first-order chi connectivity index (χ1) is 9.51. The molecule has 0 spiro atoms. The van der Waals surface area contributed by atoms with Gasteiger partial charge >= 0.3 is 0 Å². The topological polar surface area (TPSA) is 65.8 Å². The Kier molecular flexibility index (Phi) is 4.23. The average Bonchev–Trinajstić information content (AvgIpc) is 2.42. The lowest BCUT2D eigenvalue weighted by atomic mass is 10.1. The van der Waals surface area contributed by atoms with Gasteiger partial charge in [0.2, 0.25) is 0 Å². The molecule has 1 heterocycles. The quantitative estimate of drug-likeness (QED) is 0.858. The van der Waals surface area contributed by atoms with Crippen LogP contribution in [-0.2, 0) is 0 Å². The highest BCUT2D eigenvalue weighted by molar-refractivity contribution is 6.35. The third kappa shape index (κ3) is 3.08. The number of nitrogens with one attached hydrogen (secondary N) is 1. The van der Waals surface area contributed by atoms with E-state index in [1.165, 1.54) is 0 Å². The van der Waals surface area contributed by atoms with Crippen molar-refractivity contribution >= 4 is 34.8 Å². The molecule has 20 heavy (non-hydrogen) atoms. The molecule has 0 aliphatic heterocycles. The molecule has 0 saturated heterocycles. The number of anilines is 1. The highest BCUT2D eigenvalue weighted by atomic mass is 35.5. The summed E-state index contributed by atoms with van der Waals surface area (Å²) in [6.45, 7) is 1.77. The fraction of sp³-hybridized carbons (Fsp3) is 0.0714. The molecule has 0 atom stereocenters. The lowest BCUT2D eigenvalue weighted by Crippen LogP contribution is -2.13. The molecule has 0 aliphatic rings. The second-order valence-electron chi connectivity index (χ2n) is 4.07. The van der Waals surface area contributed by atoms with E-state index < -0.39 is 0 Å². The Balaban J connectivity index is 2.26. The summed E-state index contributed by atoms with van der Waals surface area (Å²) in [5.41, 5.74) is 2.06. The van der Waals surface area contributed by atoms with E-state index in [1.54, 1.807) is 37.3 Å². The van der Waals surface area contributed by atoms with Gasteiger partial charge in [0.1, 0.15) is 5.15 Å². The Morgan fingerprint density at radius 1 is 1.30 bits per heavy atom. The summed E-state index contributed by atoms with van der Waals surface area (Å²) in [7, 11) is 0. The van der Waals surface area contributed by atoms with E-state index in [2.05, 4.69) is 10.3 Å². The zero-order chi connectivity index (χ0) is 14.7. The van der Waals surface area contributed by atoms with Crippen LogP contribution >= 0.6 is 23.2 Å². The molecule has 1 N–H and O–H groups in total. The predicted octanol–water partition coefficient (Wildman–Crippen LogP) is 3.82. The number of aromatic nitrogens is 1. The molecule has 0 saturated carbocycles. The number of nitrogens with zero attached hydrogens (tertiary/aromatic N) is 2. The number of hydrogen-bond acceptors (Lipinski definition) is 3. The molecule has 2 aromatic rings. The fourth-order valence-corrected chi connectivity index (χ4v) is 2.21. The minimum atomic E-state index is -0.330. The molecule has 0 fully saturated rings. The molecule has 0 bridgehead atoms. The van der Waals surface area contributed by atoms with Crippen LogP contribution in [0, 0.1) is 18.3 Å². The summed E-state index contributed by atoms with van der Waals surface area (Å²) in [6, 6.07) is 9.89. The van der Waals surface area contributed by atoms with Gasteiger partial charge in [-0.05, 0) is 42.8 Å². The molecule has 1 aromatic carbocycles.